The lowest BCUT2D eigenvalue weighted by molar-refractivity contribution is 0.0936. The molecule has 0 saturated carbocycles. The molecule has 5 heteroatoms. The number of nitrogens with one attached hydrogen (secondary N) is 2. The molecular formula is C25H22FN3O. The van der Waals surface area contributed by atoms with E-state index < -0.39 is 0 Å². The molecule has 0 aliphatic rings. The summed E-state index contributed by atoms with van der Waals surface area (Å²) in [6, 6.07) is 23.9. The highest BCUT2D eigenvalue weighted by Crippen LogP contribution is 2.28. The monoisotopic (exact) mass is 399 g/mol. The first-order valence-electron chi connectivity index (χ1n) is 9.80. The Bertz CT molecular complexity index is 1170. The maximum absolute atomic E-state index is 13.8. The van der Waals surface area contributed by atoms with Gasteiger partial charge in [0.15, 0.2) is 0 Å². The number of aromatic amines is 1. The fourth-order valence-corrected chi connectivity index (χ4v) is 3.37. The molecule has 0 fully saturated rings. The number of aromatic nitrogens is 2. The Labute approximate surface area is 174 Å². The van der Waals surface area contributed by atoms with Gasteiger partial charge in [-0.2, -0.15) is 0 Å². The van der Waals surface area contributed by atoms with Gasteiger partial charge in [-0.05, 0) is 43.2 Å². The summed E-state index contributed by atoms with van der Waals surface area (Å²) in [7, 11) is 0. The van der Waals surface area contributed by atoms with Crippen LogP contribution >= 0.6 is 0 Å². The summed E-state index contributed by atoms with van der Waals surface area (Å²) in [5, 5.41) is 3.03. The third-order valence-electron chi connectivity index (χ3n) is 5.06. The second-order valence-corrected chi connectivity index (χ2v) is 7.24. The summed E-state index contributed by atoms with van der Waals surface area (Å²) in [6.07, 6.45) is 0. The van der Waals surface area contributed by atoms with Crippen molar-refractivity contribution in [3.8, 4) is 22.6 Å². The molecule has 0 spiro atoms. The normalized spacial score (nSPS) is 11.8. The zero-order valence-corrected chi connectivity index (χ0v) is 16.8. The number of amides is 1. The van der Waals surface area contributed by atoms with Crippen LogP contribution in [0.15, 0.2) is 78.9 Å². The number of aryl methyl sites for hydroxylation is 1. The number of carbonyl (C=O) groups is 1. The first-order valence-corrected chi connectivity index (χ1v) is 9.80. The molecule has 0 bridgehead atoms. The van der Waals surface area contributed by atoms with Crippen LogP contribution in [-0.2, 0) is 0 Å². The highest BCUT2D eigenvalue weighted by atomic mass is 19.1. The molecule has 0 aliphatic carbocycles. The van der Waals surface area contributed by atoms with Crippen LogP contribution in [0.2, 0.25) is 0 Å². The lowest BCUT2D eigenvalue weighted by atomic mass is 10.1. The number of imidazole rings is 1. The number of hydrogen-bond acceptors (Lipinski definition) is 2. The van der Waals surface area contributed by atoms with Gasteiger partial charge in [0.25, 0.3) is 5.91 Å². The fraction of sp³-hybridized carbons (Fsp3) is 0.120. The van der Waals surface area contributed by atoms with E-state index in [1.807, 2.05) is 67.6 Å². The molecule has 1 unspecified atom stereocenters. The Hall–Kier alpha value is -3.73. The number of H-pyrrole nitrogens is 1. The highest BCUT2D eigenvalue weighted by molar-refractivity contribution is 5.99. The van der Waals surface area contributed by atoms with Gasteiger partial charge in [0.2, 0.25) is 0 Å². The van der Waals surface area contributed by atoms with Crippen LogP contribution in [0.25, 0.3) is 22.6 Å². The van der Waals surface area contributed by atoms with Crippen LogP contribution in [0.5, 0.6) is 0 Å². The zero-order valence-electron chi connectivity index (χ0n) is 16.8. The van der Waals surface area contributed by atoms with Crippen LogP contribution in [0.1, 0.15) is 34.6 Å². The summed E-state index contributed by atoms with van der Waals surface area (Å²) in [5.41, 5.74) is 3.91. The maximum Gasteiger partial charge on any atom is 0.270 e. The number of rotatable bonds is 5. The van der Waals surface area contributed by atoms with E-state index in [1.54, 1.807) is 19.1 Å². The van der Waals surface area contributed by atoms with Gasteiger partial charge in [0.05, 0.1) is 6.04 Å². The van der Waals surface area contributed by atoms with Crippen LogP contribution in [0.4, 0.5) is 4.39 Å². The van der Waals surface area contributed by atoms with E-state index in [0.29, 0.717) is 28.3 Å². The first kappa shape index (κ1) is 19.6. The Morgan fingerprint density at radius 1 is 0.967 bits per heavy atom. The zero-order chi connectivity index (χ0) is 21.1. The van der Waals surface area contributed by atoms with Crippen molar-refractivity contribution >= 4 is 5.91 Å². The molecule has 30 heavy (non-hydrogen) atoms. The van der Waals surface area contributed by atoms with Crippen LogP contribution in [0, 0.1) is 12.7 Å². The number of benzene rings is 3. The average molecular weight is 399 g/mol. The van der Waals surface area contributed by atoms with E-state index in [1.165, 1.54) is 6.07 Å². The lowest BCUT2D eigenvalue weighted by Gasteiger charge is -2.14. The van der Waals surface area contributed by atoms with Crippen molar-refractivity contribution in [1.29, 1.82) is 0 Å². The topological polar surface area (TPSA) is 57.8 Å². The smallest absolute Gasteiger partial charge is 0.270 e. The molecule has 0 aliphatic heterocycles. The standard InChI is InChI=1S/C25H22FN3O/c1-16-15-20(13-14-21(16)26)22-23(29-24(28-22)19-11-7-4-8-12-19)25(30)27-17(2)18-9-5-3-6-10-18/h3-15,17H,1-2H3,(H,27,30)(H,28,29). The maximum atomic E-state index is 13.8. The molecule has 1 amide bonds. The number of halogens is 1. The largest absolute Gasteiger partial charge is 0.344 e. The molecule has 150 valence electrons. The van der Waals surface area contributed by atoms with E-state index >= 15 is 0 Å². The SMILES string of the molecule is Cc1cc(-c2nc(-c3ccccc3)[nH]c2C(=O)NC(C)c2ccccc2)ccc1F. The minimum Gasteiger partial charge on any atom is -0.344 e. The van der Waals surface area contributed by atoms with E-state index in [9.17, 15) is 9.18 Å². The van der Waals surface area contributed by atoms with Crippen molar-refractivity contribution < 1.29 is 9.18 Å². The van der Waals surface area contributed by atoms with Crippen molar-refractivity contribution in [3.05, 3.63) is 102 Å². The fourth-order valence-electron chi connectivity index (χ4n) is 3.37. The highest BCUT2D eigenvalue weighted by Gasteiger charge is 2.21. The van der Waals surface area contributed by atoms with Crippen molar-refractivity contribution in [2.24, 2.45) is 0 Å². The molecule has 1 atom stereocenters. The van der Waals surface area contributed by atoms with Crippen LogP contribution in [0.3, 0.4) is 0 Å². The second-order valence-electron chi connectivity index (χ2n) is 7.24. The Kier molecular flexibility index (Phi) is 5.44. The molecule has 0 radical (unpaired) electrons. The molecule has 4 aromatic rings. The number of hydrogen-bond donors (Lipinski definition) is 2. The molecule has 3 aromatic carbocycles. The quantitative estimate of drug-likeness (QED) is 0.453. The molecule has 1 heterocycles. The molecule has 4 nitrogen and oxygen atoms in total. The second kappa shape index (κ2) is 8.33. The van der Waals surface area contributed by atoms with E-state index in [2.05, 4.69) is 15.3 Å². The van der Waals surface area contributed by atoms with Crippen molar-refractivity contribution in [1.82, 2.24) is 15.3 Å². The minimum absolute atomic E-state index is 0.176. The van der Waals surface area contributed by atoms with Gasteiger partial charge in [-0.1, -0.05) is 60.7 Å². The van der Waals surface area contributed by atoms with Gasteiger partial charge in [-0.3, -0.25) is 4.79 Å². The summed E-state index contributed by atoms with van der Waals surface area (Å²) in [4.78, 5) is 21.0. The van der Waals surface area contributed by atoms with Crippen molar-refractivity contribution in [2.75, 3.05) is 0 Å². The summed E-state index contributed by atoms with van der Waals surface area (Å²) in [5.74, 6) is 0.0318. The van der Waals surface area contributed by atoms with Crippen LogP contribution in [-0.4, -0.2) is 15.9 Å². The molecule has 0 saturated heterocycles. The van der Waals surface area contributed by atoms with Crippen molar-refractivity contribution in [3.63, 3.8) is 0 Å². The lowest BCUT2D eigenvalue weighted by Crippen LogP contribution is -2.27. The Morgan fingerprint density at radius 3 is 2.30 bits per heavy atom. The molecular weight excluding hydrogens is 377 g/mol. The van der Waals surface area contributed by atoms with Crippen LogP contribution < -0.4 is 5.32 Å². The Morgan fingerprint density at radius 2 is 1.63 bits per heavy atom. The molecule has 2 N–H and O–H groups in total. The summed E-state index contributed by atoms with van der Waals surface area (Å²) in [6.45, 7) is 3.63. The predicted molar refractivity (Wildman–Crippen MR) is 116 cm³/mol. The van der Waals surface area contributed by atoms with E-state index in [0.717, 1.165) is 11.1 Å². The van der Waals surface area contributed by atoms with Gasteiger partial charge < -0.3 is 10.3 Å². The van der Waals surface area contributed by atoms with Gasteiger partial charge in [0, 0.05) is 11.1 Å². The third-order valence-corrected chi connectivity index (χ3v) is 5.06. The van der Waals surface area contributed by atoms with E-state index in [4.69, 9.17) is 0 Å². The Balaban J connectivity index is 1.74. The van der Waals surface area contributed by atoms with Crippen molar-refractivity contribution in [2.45, 2.75) is 19.9 Å². The molecule has 1 aromatic heterocycles. The van der Waals surface area contributed by atoms with Gasteiger partial charge >= 0.3 is 0 Å². The summed E-state index contributed by atoms with van der Waals surface area (Å²) >= 11 is 0. The first-order chi connectivity index (χ1) is 14.5. The van der Waals surface area contributed by atoms with Gasteiger partial charge in [-0.25, -0.2) is 9.37 Å². The number of nitrogens with zero attached hydrogens (tertiary/aromatic N) is 1. The minimum atomic E-state index is -0.290. The van der Waals surface area contributed by atoms with Gasteiger partial charge in [-0.15, -0.1) is 0 Å². The number of carbonyl (C=O) groups excluding carboxylic acids is 1. The molecule has 4 rings (SSSR count). The predicted octanol–water partition coefficient (Wildman–Crippen LogP) is 5.68. The third kappa shape index (κ3) is 4.01. The summed E-state index contributed by atoms with van der Waals surface area (Å²) < 4.78 is 13.8. The average Bonchev–Trinajstić information content (AvgIpc) is 3.22. The van der Waals surface area contributed by atoms with E-state index in [-0.39, 0.29) is 17.8 Å². The van der Waals surface area contributed by atoms with Gasteiger partial charge in [0.1, 0.15) is 23.0 Å².